The molecule has 1 aromatic rings. The molecule has 1 rings (SSSR count). The summed E-state index contributed by atoms with van der Waals surface area (Å²) in [5, 5.41) is 4.00. The van der Waals surface area contributed by atoms with E-state index >= 15 is 0 Å². The van der Waals surface area contributed by atoms with E-state index in [0.29, 0.717) is 11.2 Å². The lowest BCUT2D eigenvalue weighted by molar-refractivity contribution is 0.512. The number of aromatic nitrogens is 1. The van der Waals surface area contributed by atoms with Crippen LogP contribution in [0, 0.1) is 0 Å². The van der Waals surface area contributed by atoms with Gasteiger partial charge in [-0.25, -0.2) is 4.98 Å². The van der Waals surface area contributed by atoms with E-state index in [1.165, 1.54) is 5.56 Å². The van der Waals surface area contributed by atoms with Crippen LogP contribution < -0.4 is 5.32 Å². The molecule has 1 N–H and O–H groups in total. The van der Waals surface area contributed by atoms with E-state index in [1.54, 1.807) is 0 Å². The Kier molecular flexibility index (Phi) is 6.06. The zero-order valence-electron chi connectivity index (χ0n) is 8.91. The maximum atomic E-state index is 5.73. The summed E-state index contributed by atoms with van der Waals surface area (Å²) in [7, 11) is 0. The summed E-state index contributed by atoms with van der Waals surface area (Å²) in [6.45, 7) is 3.13. The summed E-state index contributed by atoms with van der Waals surface area (Å²) < 4.78 is 0. The Bertz CT molecular complexity index is 276. The zero-order chi connectivity index (χ0) is 11.1. The number of pyridine rings is 1. The van der Waals surface area contributed by atoms with Crippen LogP contribution in [0.1, 0.15) is 18.9 Å². The molecule has 1 aromatic heterocycles. The number of nitrogens with zero attached hydrogens (tertiary/aromatic N) is 1. The highest BCUT2D eigenvalue weighted by atomic mass is 35.5. The van der Waals surface area contributed by atoms with Crippen LogP contribution >= 0.6 is 24.2 Å². The number of halogens is 1. The molecule has 2 nitrogen and oxygen atoms in total. The van der Waals surface area contributed by atoms with Crippen molar-refractivity contribution in [2.45, 2.75) is 25.8 Å². The largest absolute Gasteiger partial charge is 0.313 e. The van der Waals surface area contributed by atoms with Gasteiger partial charge >= 0.3 is 0 Å². The van der Waals surface area contributed by atoms with Crippen molar-refractivity contribution in [1.29, 1.82) is 0 Å². The molecule has 1 atom stereocenters. The molecule has 1 unspecified atom stereocenters. The molecule has 0 saturated heterocycles. The quantitative estimate of drug-likeness (QED) is 0.594. The molecular weight excluding hydrogens is 228 g/mol. The first kappa shape index (κ1) is 12.8. The third kappa shape index (κ3) is 4.87. The molecule has 0 fully saturated rings. The zero-order valence-corrected chi connectivity index (χ0v) is 10.6. The van der Waals surface area contributed by atoms with Crippen molar-refractivity contribution < 1.29 is 0 Å². The fourth-order valence-electron chi connectivity index (χ4n) is 1.44. The predicted octanol–water partition coefficient (Wildman–Crippen LogP) is 2.58. The summed E-state index contributed by atoms with van der Waals surface area (Å²) >= 11 is 9.91. The highest BCUT2D eigenvalue weighted by Crippen LogP contribution is 2.08. The van der Waals surface area contributed by atoms with Crippen molar-refractivity contribution in [2.75, 3.05) is 12.3 Å². The van der Waals surface area contributed by atoms with Gasteiger partial charge < -0.3 is 5.32 Å². The highest BCUT2D eigenvalue weighted by Gasteiger charge is 2.06. The van der Waals surface area contributed by atoms with E-state index in [2.05, 4.69) is 29.9 Å². The summed E-state index contributed by atoms with van der Waals surface area (Å²) in [5.41, 5.74) is 1.22. The van der Waals surface area contributed by atoms with E-state index in [4.69, 9.17) is 11.6 Å². The Morgan fingerprint density at radius 1 is 1.53 bits per heavy atom. The van der Waals surface area contributed by atoms with Crippen LogP contribution in [0.2, 0.25) is 5.15 Å². The first-order chi connectivity index (χ1) is 7.26. The third-order valence-corrected chi connectivity index (χ3v) is 2.76. The Labute approximate surface area is 102 Å². The van der Waals surface area contributed by atoms with Crippen molar-refractivity contribution in [3.05, 3.63) is 29.0 Å². The van der Waals surface area contributed by atoms with Crippen molar-refractivity contribution in [3.63, 3.8) is 0 Å². The van der Waals surface area contributed by atoms with Crippen LogP contribution in [0.25, 0.3) is 0 Å². The minimum absolute atomic E-state index is 0.500. The minimum Gasteiger partial charge on any atom is -0.313 e. The predicted molar refractivity (Wildman–Crippen MR) is 68.9 cm³/mol. The Hall–Kier alpha value is -0.250. The molecule has 0 radical (unpaired) electrons. The first-order valence-corrected chi connectivity index (χ1v) is 6.22. The van der Waals surface area contributed by atoms with E-state index < -0.39 is 0 Å². The Morgan fingerprint density at radius 2 is 2.33 bits per heavy atom. The molecule has 4 heteroatoms. The SMILES string of the molecule is CCC(Cc1ccc(Cl)nc1)NCCS. The van der Waals surface area contributed by atoms with Crippen molar-refractivity contribution >= 4 is 24.2 Å². The van der Waals surface area contributed by atoms with Crippen LogP contribution in [0.5, 0.6) is 0 Å². The van der Waals surface area contributed by atoms with Gasteiger partial charge in [0.25, 0.3) is 0 Å². The highest BCUT2D eigenvalue weighted by molar-refractivity contribution is 7.80. The molecule has 84 valence electrons. The minimum atomic E-state index is 0.500. The molecule has 1 heterocycles. The second-order valence-corrected chi connectivity index (χ2v) is 4.31. The molecule has 0 aliphatic heterocycles. The van der Waals surface area contributed by atoms with Crippen LogP contribution in [-0.2, 0) is 6.42 Å². The lowest BCUT2D eigenvalue weighted by atomic mass is 10.1. The second kappa shape index (κ2) is 7.09. The van der Waals surface area contributed by atoms with Gasteiger partial charge in [-0.15, -0.1) is 0 Å². The smallest absolute Gasteiger partial charge is 0.129 e. The van der Waals surface area contributed by atoms with Crippen LogP contribution in [-0.4, -0.2) is 23.3 Å². The lowest BCUT2D eigenvalue weighted by Gasteiger charge is -2.16. The molecule has 0 aromatic carbocycles. The van der Waals surface area contributed by atoms with E-state index in [1.807, 2.05) is 18.3 Å². The van der Waals surface area contributed by atoms with Gasteiger partial charge in [0.05, 0.1) is 0 Å². The summed E-state index contributed by atoms with van der Waals surface area (Å²) in [4.78, 5) is 4.07. The van der Waals surface area contributed by atoms with Crippen molar-refractivity contribution in [1.82, 2.24) is 10.3 Å². The van der Waals surface area contributed by atoms with Crippen LogP contribution in [0.3, 0.4) is 0 Å². The molecular formula is C11H17ClN2S. The number of hydrogen-bond donors (Lipinski definition) is 2. The van der Waals surface area contributed by atoms with Crippen molar-refractivity contribution in [3.8, 4) is 0 Å². The summed E-state index contributed by atoms with van der Waals surface area (Å²) in [6.07, 6.45) is 3.94. The topological polar surface area (TPSA) is 24.9 Å². The van der Waals surface area contributed by atoms with E-state index in [0.717, 1.165) is 25.1 Å². The molecule has 0 bridgehead atoms. The van der Waals surface area contributed by atoms with Crippen LogP contribution in [0.15, 0.2) is 18.3 Å². The molecule has 0 spiro atoms. The van der Waals surface area contributed by atoms with Gasteiger partial charge in [0.2, 0.25) is 0 Å². The Balaban J connectivity index is 2.47. The fourth-order valence-corrected chi connectivity index (χ4v) is 1.68. The van der Waals surface area contributed by atoms with E-state index in [-0.39, 0.29) is 0 Å². The molecule has 0 aliphatic rings. The average molecular weight is 245 g/mol. The van der Waals surface area contributed by atoms with Crippen molar-refractivity contribution in [2.24, 2.45) is 0 Å². The van der Waals surface area contributed by atoms with E-state index in [9.17, 15) is 0 Å². The number of hydrogen-bond acceptors (Lipinski definition) is 3. The van der Waals surface area contributed by atoms with Gasteiger partial charge in [0, 0.05) is 24.5 Å². The summed E-state index contributed by atoms with van der Waals surface area (Å²) in [5.74, 6) is 0.870. The summed E-state index contributed by atoms with van der Waals surface area (Å²) in [6, 6.07) is 4.36. The normalized spacial score (nSPS) is 12.7. The number of nitrogens with one attached hydrogen (secondary N) is 1. The van der Waals surface area contributed by atoms with Gasteiger partial charge in [-0.2, -0.15) is 12.6 Å². The first-order valence-electron chi connectivity index (χ1n) is 5.21. The lowest BCUT2D eigenvalue weighted by Crippen LogP contribution is -2.32. The molecule has 15 heavy (non-hydrogen) atoms. The maximum absolute atomic E-state index is 5.73. The standard InChI is InChI=1S/C11H17ClN2S/c1-2-10(13-5-6-15)7-9-3-4-11(12)14-8-9/h3-4,8,10,13,15H,2,5-7H2,1H3. The molecule has 0 aliphatic carbocycles. The van der Waals surface area contributed by atoms with Gasteiger partial charge in [-0.1, -0.05) is 24.6 Å². The number of rotatable bonds is 6. The van der Waals surface area contributed by atoms with Gasteiger partial charge in [-0.3, -0.25) is 0 Å². The maximum Gasteiger partial charge on any atom is 0.129 e. The fraction of sp³-hybridized carbons (Fsp3) is 0.545. The number of thiol groups is 1. The van der Waals surface area contributed by atoms with Gasteiger partial charge in [0.15, 0.2) is 0 Å². The monoisotopic (exact) mass is 244 g/mol. The molecule has 0 saturated carbocycles. The second-order valence-electron chi connectivity index (χ2n) is 3.48. The third-order valence-electron chi connectivity index (χ3n) is 2.31. The van der Waals surface area contributed by atoms with Gasteiger partial charge in [0.1, 0.15) is 5.15 Å². The Morgan fingerprint density at radius 3 is 2.87 bits per heavy atom. The average Bonchev–Trinajstić information content (AvgIpc) is 2.27. The van der Waals surface area contributed by atoms with Gasteiger partial charge in [-0.05, 0) is 24.5 Å². The molecule has 0 amide bonds. The van der Waals surface area contributed by atoms with Crippen LogP contribution in [0.4, 0.5) is 0 Å².